The smallest absolute Gasteiger partial charge is 0.338 e. The number of benzene rings is 1. The Hall–Kier alpha value is -2.68. The van der Waals surface area contributed by atoms with Crippen molar-refractivity contribution in [1.82, 2.24) is 4.90 Å². The number of likely N-dealkylation sites (tertiary alicyclic amines) is 1. The molecule has 0 spiro atoms. The molecule has 3 rings (SSSR count). The van der Waals surface area contributed by atoms with Crippen LogP contribution in [0.4, 0.5) is 5.69 Å². The number of ketones is 1. The fourth-order valence-electron chi connectivity index (χ4n) is 3.15. The number of rotatable bonds is 6. The number of thioether (sulfide) groups is 1. The molecule has 8 nitrogen and oxygen atoms in total. The highest BCUT2D eigenvalue weighted by Crippen LogP contribution is 2.29. The van der Waals surface area contributed by atoms with E-state index in [1.807, 2.05) is 0 Å². The molecule has 1 fully saturated rings. The van der Waals surface area contributed by atoms with Crippen LogP contribution in [0.5, 0.6) is 0 Å². The van der Waals surface area contributed by atoms with Gasteiger partial charge in [-0.05, 0) is 51.3 Å². The summed E-state index contributed by atoms with van der Waals surface area (Å²) in [4.78, 5) is 54.3. The maximum Gasteiger partial charge on any atom is 0.338 e. The number of nitrogens with one attached hydrogen (secondary N) is 1. The SMILES string of the molecule is CC(=O)C(C)OC(=O)c1cccc(NC(=O)CC2SC(N3CCCCC3)=NC2=O)c1. The fraction of sp³-hybridized carbons (Fsp3) is 0.476. The quantitative estimate of drug-likeness (QED) is 0.690. The second-order valence-electron chi connectivity index (χ2n) is 7.38. The van der Waals surface area contributed by atoms with Gasteiger partial charge in [0.1, 0.15) is 5.25 Å². The van der Waals surface area contributed by atoms with E-state index >= 15 is 0 Å². The average molecular weight is 432 g/mol. The number of nitrogens with zero attached hydrogens (tertiary/aromatic N) is 2. The van der Waals surface area contributed by atoms with Gasteiger partial charge >= 0.3 is 5.97 Å². The predicted molar refractivity (Wildman–Crippen MR) is 114 cm³/mol. The highest BCUT2D eigenvalue weighted by molar-refractivity contribution is 8.15. The van der Waals surface area contributed by atoms with Gasteiger partial charge < -0.3 is 15.0 Å². The molecule has 2 atom stereocenters. The summed E-state index contributed by atoms with van der Waals surface area (Å²) >= 11 is 1.34. The molecular weight excluding hydrogens is 406 g/mol. The van der Waals surface area contributed by atoms with E-state index in [9.17, 15) is 19.2 Å². The molecule has 2 aliphatic heterocycles. The monoisotopic (exact) mass is 431 g/mol. The lowest BCUT2D eigenvalue weighted by Crippen LogP contribution is -2.33. The normalized spacial score (nSPS) is 19.8. The molecule has 2 aliphatic rings. The van der Waals surface area contributed by atoms with Crippen LogP contribution in [-0.2, 0) is 19.1 Å². The largest absolute Gasteiger partial charge is 0.451 e. The first-order valence-electron chi connectivity index (χ1n) is 9.99. The summed E-state index contributed by atoms with van der Waals surface area (Å²) < 4.78 is 5.08. The first-order chi connectivity index (χ1) is 14.3. The molecule has 1 aromatic rings. The summed E-state index contributed by atoms with van der Waals surface area (Å²) in [5.41, 5.74) is 0.639. The van der Waals surface area contributed by atoms with E-state index in [0.29, 0.717) is 10.9 Å². The molecule has 1 N–H and O–H groups in total. The summed E-state index contributed by atoms with van der Waals surface area (Å²) in [5.74, 6) is -1.52. The standard InChI is InChI=1S/C21H25N3O5S/c1-13(25)14(2)29-20(28)15-7-6-8-16(11-15)22-18(26)12-17-19(27)23-21(30-17)24-9-4-3-5-10-24/h6-8,11,14,17H,3-5,9-10,12H2,1-2H3,(H,22,26). The minimum absolute atomic E-state index is 0.000382. The Balaban J connectivity index is 1.54. The van der Waals surface area contributed by atoms with Gasteiger partial charge in [-0.1, -0.05) is 17.8 Å². The van der Waals surface area contributed by atoms with E-state index < -0.39 is 17.3 Å². The third-order valence-electron chi connectivity index (χ3n) is 4.96. The number of hydrogen-bond acceptors (Lipinski definition) is 7. The fourth-order valence-corrected chi connectivity index (χ4v) is 4.26. The minimum Gasteiger partial charge on any atom is -0.451 e. The van der Waals surface area contributed by atoms with Crippen LogP contribution in [0.2, 0.25) is 0 Å². The van der Waals surface area contributed by atoms with E-state index in [2.05, 4.69) is 15.2 Å². The van der Waals surface area contributed by atoms with Gasteiger partial charge in [0.05, 0.1) is 5.56 Å². The predicted octanol–water partition coefficient (Wildman–Crippen LogP) is 2.63. The molecule has 1 aromatic carbocycles. The van der Waals surface area contributed by atoms with Gasteiger partial charge in [-0.2, -0.15) is 4.99 Å². The first-order valence-corrected chi connectivity index (χ1v) is 10.9. The molecule has 2 amide bonds. The number of anilines is 1. The number of carbonyl (C=O) groups is 4. The van der Waals surface area contributed by atoms with Crippen molar-refractivity contribution in [2.24, 2.45) is 4.99 Å². The van der Waals surface area contributed by atoms with Crippen LogP contribution in [0, 0.1) is 0 Å². The lowest BCUT2D eigenvalue weighted by Gasteiger charge is -2.27. The Morgan fingerprint density at radius 2 is 2.00 bits per heavy atom. The average Bonchev–Trinajstić information content (AvgIpc) is 3.08. The Bertz CT molecular complexity index is 879. The molecule has 0 bridgehead atoms. The zero-order valence-electron chi connectivity index (χ0n) is 17.1. The van der Waals surface area contributed by atoms with Gasteiger partial charge in [0, 0.05) is 25.2 Å². The summed E-state index contributed by atoms with van der Waals surface area (Å²) in [5, 5.41) is 2.89. The van der Waals surface area contributed by atoms with Gasteiger partial charge in [0.15, 0.2) is 17.1 Å². The summed E-state index contributed by atoms with van der Waals surface area (Å²) in [6.45, 7) is 4.63. The molecule has 160 valence electrons. The van der Waals surface area contributed by atoms with E-state index in [1.54, 1.807) is 18.2 Å². The Labute approximate surface area is 179 Å². The van der Waals surface area contributed by atoms with Gasteiger partial charge in [-0.25, -0.2) is 4.79 Å². The molecule has 0 aromatic heterocycles. The Morgan fingerprint density at radius 3 is 2.70 bits per heavy atom. The number of esters is 1. The van der Waals surface area contributed by atoms with Crippen LogP contribution in [0.1, 0.15) is 49.9 Å². The minimum atomic E-state index is -0.838. The Morgan fingerprint density at radius 1 is 1.27 bits per heavy atom. The van der Waals surface area contributed by atoms with Crippen molar-refractivity contribution in [3.8, 4) is 0 Å². The third-order valence-corrected chi connectivity index (χ3v) is 6.18. The van der Waals surface area contributed by atoms with E-state index in [-0.39, 0.29) is 29.6 Å². The van der Waals surface area contributed by atoms with Crippen molar-refractivity contribution in [2.45, 2.75) is 50.9 Å². The highest BCUT2D eigenvalue weighted by Gasteiger charge is 2.33. The number of amides is 2. The second-order valence-corrected chi connectivity index (χ2v) is 8.55. The lowest BCUT2D eigenvalue weighted by molar-refractivity contribution is -0.124. The van der Waals surface area contributed by atoms with Crippen LogP contribution in [0.3, 0.4) is 0 Å². The zero-order chi connectivity index (χ0) is 21.7. The molecule has 0 saturated carbocycles. The number of hydrogen-bond donors (Lipinski definition) is 1. The topological polar surface area (TPSA) is 105 Å². The molecule has 1 saturated heterocycles. The van der Waals surface area contributed by atoms with E-state index in [1.165, 1.54) is 38.1 Å². The number of carbonyl (C=O) groups excluding carboxylic acids is 4. The van der Waals surface area contributed by atoms with Crippen molar-refractivity contribution in [1.29, 1.82) is 0 Å². The summed E-state index contributed by atoms with van der Waals surface area (Å²) in [6, 6.07) is 6.27. The van der Waals surface area contributed by atoms with Crippen LogP contribution in [0.15, 0.2) is 29.3 Å². The van der Waals surface area contributed by atoms with Gasteiger partial charge in [-0.3, -0.25) is 14.4 Å². The van der Waals surface area contributed by atoms with Crippen LogP contribution >= 0.6 is 11.8 Å². The molecule has 0 aliphatic carbocycles. The van der Waals surface area contributed by atoms with Crippen molar-refractivity contribution in [2.75, 3.05) is 18.4 Å². The molecule has 2 unspecified atom stereocenters. The maximum atomic E-state index is 12.4. The van der Waals surface area contributed by atoms with Crippen LogP contribution in [-0.4, -0.2) is 58.1 Å². The van der Waals surface area contributed by atoms with Crippen molar-refractivity contribution >= 4 is 46.2 Å². The van der Waals surface area contributed by atoms with E-state index in [4.69, 9.17) is 4.74 Å². The van der Waals surface area contributed by atoms with Gasteiger partial charge in [0.2, 0.25) is 5.91 Å². The number of Topliss-reactive ketones (excluding diaryl/α,β-unsaturated/α-hetero) is 1. The highest BCUT2D eigenvalue weighted by atomic mass is 32.2. The lowest BCUT2D eigenvalue weighted by atomic mass is 10.1. The summed E-state index contributed by atoms with van der Waals surface area (Å²) in [7, 11) is 0. The maximum absolute atomic E-state index is 12.4. The number of aliphatic imine (C=N–C) groups is 1. The number of amidine groups is 1. The molecular formula is C21H25N3O5S. The van der Waals surface area contributed by atoms with Crippen LogP contribution < -0.4 is 5.32 Å². The molecule has 0 radical (unpaired) electrons. The number of piperidine rings is 1. The summed E-state index contributed by atoms with van der Waals surface area (Å²) in [6.07, 6.45) is 2.52. The van der Waals surface area contributed by atoms with Gasteiger partial charge in [-0.15, -0.1) is 0 Å². The molecule has 30 heavy (non-hydrogen) atoms. The van der Waals surface area contributed by atoms with Crippen LogP contribution in [0.25, 0.3) is 0 Å². The molecule has 9 heteroatoms. The zero-order valence-corrected chi connectivity index (χ0v) is 17.9. The van der Waals surface area contributed by atoms with Crippen molar-refractivity contribution < 1.29 is 23.9 Å². The second kappa shape index (κ2) is 9.88. The third kappa shape index (κ3) is 5.69. The molecule has 2 heterocycles. The Kier molecular flexibility index (Phi) is 7.25. The first kappa shape index (κ1) is 22.0. The number of ether oxygens (including phenoxy) is 1. The van der Waals surface area contributed by atoms with Gasteiger partial charge in [0.25, 0.3) is 5.91 Å². The van der Waals surface area contributed by atoms with E-state index in [0.717, 1.165) is 25.9 Å². The van der Waals surface area contributed by atoms with Crippen molar-refractivity contribution in [3.63, 3.8) is 0 Å². The van der Waals surface area contributed by atoms with Crippen molar-refractivity contribution in [3.05, 3.63) is 29.8 Å².